The minimum atomic E-state index is -4.97. The van der Waals surface area contributed by atoms with Crippen molar-refractivity contribution in [3.8, 4) is 5.88 Å². The smallest absolute Gasteiger partial charge is 0.387 e. The van der Waals surface area contributed by atoms with Crippen molar-refractivity contribution in [2.24, 2.45) is 0 Å². The van der Waals surface area contributed by atoms with Gasteiger partial charge in [-0.15, -0.1) is 13.2 Å². The van der Waals surface area contributed by atoms with Crippen LogP contribution in [-0.4, -0.2) is 17.6 Å². The van der Waals surface area contributed by atoms with Gasteiger partial charge < -0.3 is 4.74 Å². The highest BCUT2D eigenvalue weighted by Gasteiger charge is 2.33. The van der Waals surface area contributed by atoms with Gasteiger partial charge in [0.2, 0.25) is 5.88 Å². The molecule has 1 heterocycles. The molecule has 0 radical (unpaired) electrons. The second-order valence-corrected chi connectivity index (χ2v) is 3.78. The largest absolute Gasteiger partial charge is 0.574 e. The van der Waals surface area contributed by atoms with Crippen molar-refractivity contribution >= 4 is 28.9 Å². The van der Waals surface area contributed by atoms with E-state index in [2.05, 4.69) is 9.72 Å². The lowest BCUT2D eigenvalue weighted by Crippen LogP contribution is -2.19. The molecule has 0 fully saturated rings. The fourth-order valence-corrected chi connectivity index (χ4v) is 1.63. The Balaban J connectivity index is 3.23. The molecule has 0 aromatic carbocycles. The number of halogens is 5. The summed E-state index contributed by atoms with van der Waals surface area (Å²) in [7, 11) is 0. The van der Waals surface area contributed by atoms with Gasteiger partial charge in [0.15, 0.2) is 6.29 Å². The maximum absolute atomic E-state index is 12.3. The lowest BCUT2D eigenvalue weighted by atomic mass is 10.2. The zero-order chi connectivity index (χ0) is 12.3. The van der Waals surface area contributed by atoms with Gasteiger partial charge in [0.05, 0.1) is 11.3 Å². The Morgan fingerprint density at radius 2 is 2.12 bits per heavy atom. The van der Waals surface area contributed by atoms with E-state index in [1.807, 2.05) is 0 Å². The number of pyridine rings is 1. The molecule has 3 nitrogen and oxygen atoms in total. The van der Waals surface area contributed by atoms with Crippen LogP contribution in [0.4, 0.5) is 17.6 Å². The number of carbonyl (C=O) groups is 1. The Hall–Kier alpha value is -0.930. The van der Waals surface area contributed by atoms with Gasteiger partial charge in [0.1, 0.15) is 6.67 Å². The summed E-state index contributed by atoms with van der Waals surface area (Å²) >= 11 is 1.60. The number of aldehydes is 1. The van der Waals surface area contributed by atoms with E-state index in [0.29, 0.717) is 0 Å². The predicted molar refractivity (Wildman–Crippen MR) is 53.8 cm³/mol. The van der Waals surface area contributed by atoms with E-state index in [9.17, 15) is 22.4 Å². The van der Waals surface area contributed by atoms with Crippen molar-refractivity contribution in [3.63, 3.8) is 0 Å². The summed E-state index contributed by atoms with van der Waals surface area (Å²) in [5.41, 5.74) is -0.579. The second-order valence-electron chi connectivity index (χ2n) is 2.61. The van der Waals surface area contributed by atoms with Crippen LogP contribution in [0.1, 0.15) is 16.1 Å². The summed E-state index contributed by atoms with van der Waals surface area (Å²) < 4.78 is 51.8. The van der Waals surface area contributed by atoms with Crippen LogP contribution in [-0.2, 0) is 6.67 Å². The van der Waals surface area contributed by atoms with E-state index < -0.39 is 18.9 Å². The third kappa shape index (κ3) is 3.29. The average Bonchev–Trinajstić information content (AvgIpc) is 2.14. The number of ether oxygens (including phenoxy) is 1. The van der Waals surface area contributed by atoms with E-state index in [0.717, 1.165) is 0 Å². The van der Waals surface area contributed by atoms with Crippen LogP contribution in [0.5, 0.6) is 5.88 Å². The number of hydrogen-bond acceptors (Lipinski definition) is 3. The Morgan fingerprint density at radius 1 is 1.50 bits per heavy atom. The second kappa shape index (κ2) is 4.93. The van der Waals surface area contributed by atoms with E-state index in [1.165, 1.54) is 6.07 Å². The third-order valence-electron chi connectivity index (χ3n) is 1.49. The van der Waals surface area contributed by atoms with Crippen molar-refractivity contribution in [1.29, 1.82) is 0 Å². The van der Waals surface area contributed by atoms with Gasteiger partial charge in [-0.25, -0.2) is 9.37 Å². The molecule has 0 atom stereocenters. The summed E-state index contributed by atoms with van der Waals surface area (Å²) in [6.45, 7) is -1.04. The summed E-state index contributed by atoms with van der Waals surface area (Å²) in [6.07, 6.45) is -4.79. The molecule has 0 aliphatic rings. The molecular formula is C8H4F4INO2. The molecule has 0 spiro atoms. The van der Waals surface area contributed by atoms with Crippen LogP contribution < -0.4 is 4.74 Å². The zero-order valence-corrected chi connectivity index (χ0v) is 9.67. The molecule has 8 heteroatoms. The Morgan fingerprint density at radius 3 is 2.56 bits per heavy atom. The van der Waals surface area contributed by atoms with Crippen molar-refractivity contribution < 1.29 is 27.1 Å². The number of aromatic nitrogens is 1. The van der Waals surface area contributed by atoms with Gasteiger partial charge in [0.25, 0.3) is 0 Å². The maximum Gasteiger partial charge on any atom is 0.574 e. The van der Waals surface area contributed by atoms with Crippen LogP contribution in [0.3, 0.4) is 0 Å². The number of alkyl halides is 4. The molecule has 0 bridgehead atoms. The highest BCUT2D eigenvalue weighted by atomic mass is 127. The predicted octanol–water partition coefficient (Wildman–Crippen LogP) is 2.87. The fraction of sp³-hybridized carbons (Fsp3) is 0.250. The number of carbonyl (C=O) groups excluding carboxylic acids is 1. The van der Waals surface area contributed by atoms with E-state index >= 15 is 0 Å². The quantitative estimate of drug-likeness (QED) is 0.479. The molecule has 0 aliphatic heterocycles. The first kappa shape index (κ1) is 13.1. The first-order valence-corrected chi connectivity index (χ1v) is 4.91. The topological polar surface area (TPSA) is 39.2 Å². The molecule has 1 rings (SSSR count). The standard InChI is InChI=1S/C8H4F4INO2/c9-2-4-1-6(13)5(3-15)7(14-4)16-8(10,11)12/h1,3H,2H2. The van der Waals surface area contributed by atoms with E-state index in [4.69, 9.17) is 0 Å². The minimum Gasteiger partial charge on any atom is -0.387 e. The molecular weight excluding hydrogens is 345 g/mol. The molecule has 16 heavy (non-hydrogen) atoms. The van der Waals surface area contributed by atoms with Crippen LogP contribution in [0.15, 0.2) is 6.07 Å². The first-order valence-electron chi connectivity index (χ1n) is 3.83. The van der Waals surface area contributed by atoms with Crippen molar-refractivity contribution in [1.82, 2.24) is 4.98 Å². The van der Waals surface area contributed by atoms with Crippen LogP contribution in [0, 0.1) is 3.57 Å². The number of hydrogen-bond donors (Lipinski definition) is 0. The van der Waals surface area contributed by atoms with Gasteiger partial charge in [-0.2, -0.15) is 0 Å². The fourth-order valence-electron chi connectivity index (χ4n) is 0.912. The highest BCUT2D eigenvalue weighted by molar-refractivity contribution is 14.1. The summed E-state index contributed by atoms with van der Waals surface area (Å²) in [4.78, 5) is 13.8. The van der Waals surface area contributed by atoms with Crippen LogP contribution in [0.2, 0.25) is 0 Å². The molecule has 88 valence electrons. The summed E-state index contributed by atoms with van der Waals surface area (Å²) in [6, 6.07) is 1.17. The van der Waals surface area contributed by atoms with Crippen molar-refractivity contribution in [2.45, 2.75) is 13.0 Å². The molecule has 1 aromatic rings. The molecule has 0 N–H and O–H groups in total. The number of rotatable bonds is 3. The van der Waals surface area contributed by atoms with E-state index in [-0.39, 0.29) is 21.1 Å². The van der Waals surface area contributed by atoms with Gasteiger partial charge in [-0.05, 0) is 28.7 Å². The molecule has 0 unspecified atom stereocenters. The lowest BCUT2D eigenvalue weighted by Gasteiger charge is -2.11. The monoisotopic (exact) mass is 349 g/mol. The lowest BCUT2D eigenvalue weighted by molar-refractivity contribution is -0.276. The summed E-state index contributed by atoms with van der Waals surface area (Å²) in [5, 5.41) is 0. The molecule has 1 aromatic heterocycles. The SMILES string of the molecule is O=Cc1c(I)cc(CF)nc1OC(F)(F)F. The molecule has 0 saturated carbocycles. The average molecular weight is 349 g/mol. The molecule has 0 saturated heterocycles. The van der Waals surface area contributed by atoms with Gasteiger partial charge in [-0.1, -0.05) is 0 Å². The van der Waals surface area contributed by atoms with Gasteiger partial charge >= 0.3 is 6.36 Å². The minimum absolute atomic E-state index is 0.148. The van der Waals surface area contributed by atoms with Crippen LogP contribution >= 0.6 is 22.6 Å². The van der Waals surface area contributed by atoms with Crippen LogP contribution in [0.25, 0.3) is 0 Å². The first-order chi connectivity index (χ1) is 7.37. The van der Waals surface area contributed by atoms with Gasteiger partial charge in [0, 0.05) is 3.57 Å². The Labute approximate surface area is 101 Å². The third-order valence-corrected chi connectivity index (χ3v) is 2.39. The summed E-state index contributed by atoms with van der Waals surface area (Å²) in [5.74, 6) is -0.929. The molecule has 0 amide bonds. The highest BCUT2D eigenvalue weighted by Crippen LogP contribution is 2.27. The van der Waals surface area contributed by atoms with Crippen molar-refractivity contribution in [3.05, 3.63) is 20.9 Å². The Bertz CT molecular complexity index is 408. The van der Waals surface area contributed by atoms with Gasteiger partial charge in [-0.3, -0.25) is 4.79 Å². The zero-order valence-electron chi connectivity index (χ0n) is 7.52. The Kier molecular flexibility index (Phi) is 4.05. The maximum atomic E-state index is 12.3. The van der Waals surface area contributed by atoms with E-state index in [1.54, 1.807) is 22.6 Å². The number of nitrogens with zero attached hydrogens (tertiary/aromatic N) is 1. The van der Waals surface area contributed by atoms with Crippen molar-refractivity contribution in [2.75, 3.05) is 0 Å². The normalized spacial score (nSPS) is 11.3. The molecule has 0 aliphatic carbocycles.